The van der Waals surface area contributed by atoms with Gasteiger partial charge in [0.2, 0.25) is 0 Å². The number of carbonyl (C=O) groups is 1. The summed E-state index contributed by atoms with van der Waals surface area (Å²) in [6, 6.07) is 5.67. The summed E-state index contributed by atoms with van der Waals surface area (Å²) in [5, 5.41) is 23.5. The second-order valence-electron chi connectivity index (χ2n) is 5.97. The van der Waals surface area contributed by atoms with Crippen LogP contribution in [0.1, 0.15) is 31.7 Å². The number of urea groups is 1. The molecule has 1 fully saturated rings. The third kappa shape index (κ3) is 4.59. The summed E-state index contributed by atoms with van der Waals surface area (Å²) >= 11 is 0. The maximum Gasteiger partial charge on any atom is 0.315 e. The Morgan fingerprint density at radius 1 is 1.58 bits per heavy atom. The Morgan fingerprint density at radius 3 is 3.00 bits per heavy atom. The Morgan fingerprint density at radius 2 is 2.38 bits per heavy atom. The molecule has 1 heterocycles. The number of nitrogens with zero attached hydrogens (tertiary/aromatic N) is 2. The minimum atomic E-state index is -0.425. The number of nitriles is 1. The van der Waals surface area contributed by atoms with Crippen molar-refractivity contribution in [1.29, 1.82) is 5.26 Å². The molecule has 0 bridgehead atoms. The zero-order valence-corrected chi connectivity index (χ0v) is 13.8. The highest BCUT2D eigenvalue weighted by atomic mass is 19.1. The van der Waals surface area contributed by atoms with E-state index in [0.717, 1.165) is 12.8 Å². The van der Waals surface area contributed by atoms with Crippen LogP contribution >= 0.6 is 0 Å². The summed E-state index contributed by atoms with van der Waals surface area (Å²) in [6.07, 6.45) is 2.30. The van der Waals surface area contributed by atoms with Gasteiger partial charge in [-0.25, -0.2) is 9.18 Å². The minimum absolute atomic E-state index is 0.0926. The molecule has 1 aliphatic heterocycles. The van der Waals surface area contributed by atoms with E-state index in [9.17, 15) is 9.18 Å². The number of rotatable bonds is 5. The van der Waals surface area contributed by atoms with Crippen LogP contribution in [0.5, 0.6) is 0 Å². The highest BCUT2D eigenvalue weighted by Crippen LogP contribution is 2.24. The van der Waals surface area contributed by atoms with Crippen molar-refractivity contribution < 1.29 is 14.3 Å². The molecule has 7 heteroatoms. The maximum absolute atomic E-state index is 14.2. The van der Waals surface area contributed by atoms with Gasteiger partial charge in [0.1, 0.15) is 5.82 Å². The topological polar surface area (TPSA) is 88.4 Å². The molecule has 2 rings (SSSR count). The Bertz CT molecular complexity index is 613. The predicted octanol–water partition coefficient (Wildman–Crippen LogP) is 1.74. The third-order valence-electron chi connectivity index (χ3n) is 4.22. The fraction of sp³-hybridized carbons (Fsp3) is 0.529. The summed E-state index contributed by atoms with van der Waals surface area (Å²) in [5.74, 6) is -0.425. The van der Waals surface area contributed by atoms with Gasteiger partial charge in [-0.2, -0.15) is 5.26 Å². The summed E-state index contributed by atoms with van der Waals surface area (Å²) in [7, 11) is 0. The van der Waals surface area contributed by atoms with Gasteiger partial charge in [0.15, 0.2) is 0 Å². The van der Waals surface area contributed by atoms with Crippen molar-refractivity contribution >= 4 is 11.7 Å². The molecule has 1 aromatic rings. The molecule has 1 aliphatic rings. The fourth-order valence-electron chi connectivity index (χ4n) is 2.84. The van der Waals surface area contributed by atoms with E-state index in [4.69, 9.17) is 10.4 Å². The number of amides is 2. The van der Waals surface area contributed by atoms with Crippen LogP contribution in [0.4, 0.5) is 14.9 Å². The van der Waals surface area contributed by atoms with Crippen molar-refractivity contribution in [2.45, 2.75) is 38.3 Å². The molecule has 130 valence electrons. The van der Waals surface area contributed by atoms with E-state index >= 15 is 0 Å². The summed E-state index contributed by atoms with van der Waals surface area (Å²) in [6.45, 7) is 3.00. The zero-order valence-electron chi connectivity index (χ0n) is 13.8. The average Bonchev–Trinajstić information content (AvgIpc) is 2.59. The Hall–Kier alpha value is -2.33. The van der Waals surface area contributed by atoms with Crippen molar-refractivity contribution in [3.8, 4) is 6.07 Å². The number of aliphatic hydroxyl groups is 1. The maximum atomic E-state index is 14.2. The largest absolute Gasteiger partial charge is 0.394 e. The average molecular weight is 334 g/mol. The van der Waals surface area contributed by atoms with Gasteiger partial charge >= 0.3 is 6.03 Å². The van der Waals surface area contributed by atoms with Crippen LogP contribution in [0.2, 0.25) is 0 Å². The van der Waals surface area contributed by atoms with Crippen molar-refractivity contribution in [3.63, 3.8) is 0 Å². The number of aliphatic hydroxyl groups excluding tert-OH is 1. The predicted molar refractivity (Wildman–Crippen MR) is 89.2 cm³/mol. The van der Waals surface area contributed by atoms with Crippen molar-refractivity contribution in [1.82, 2.24) is 10.6 Å². The summed E-state index contributed by atoms with van der Waals surface area (Å²) in [5.41, 5.74) is 0.736. The number of anilines is 1. The van der Waals surface area contributed by atoms with Gasteiger partial charge in [-0.15, -0.1) is 0 Å². The normalized spacial score (nSPS) is 18.6. The van der Waals surface area contributed by atoms with Crippen molar-refractivity contribution in [3.05, 3.63) is 29.6 Å². The zero-order chi connectivity index (χ0) is 17.5. The van der Waals surface area contributed by atoms with Crippen LogP contribution in [-0.2, 0) is 0 Å². The van der Waals surface area contributed by atoms with E-state index in [1.807, 2.05) is 17.9 Å². The van der Waals surface area contributed by atoms with E-state index in [-0.39, 0.29) is 30.3 Å². The molecule has 0 aromatic heterocycles. The number of piperidine rings is 1. The summed E-state index contributed by atoms with van der Waals surface area (Å²) in [4.78, 5) is 13.9. The van der Waals surface area contributed by atoms with E-state index in [1.165, 1.54) is 6.07 Å². The molecule has 0 spiro atoms. The Balaban J connectivity index is 1.97. The lowest BCUT2D eigenvalue weighted by atomic mass is 10.0. The molecule has 1 saturated heterocycles. The molecule has 2 amide bonds. The molecule has 24 heavy (non-hydrogen) atoms. The molecular formula is C17H23FN4O2. The second kappa shape index (κ2) is 8.50. The standard InChI is InChI=1S/C17H23FN4O2/c1-2-13(11-23)20-17(24)21-14-4-3-7-22(10-14)16-6-5-12(9-19)8-15(16)18/h5-6,8,13-14,23H,2-4,7,10-11H2,1H3,(H2,20,21,24). The van der Waals surface area contributed by atoms with E-state index in [0.29, 0.717) is 25.2 Å². The smallest absolute Gasteiger partial charge is 0.315 e. The Labute approximate surface area is 141 Å². The molecule has 6 nitrogen and oxygen atoms in total. The number of nitrogens with one attached hydrogen (secondary N) is 2. The third-order valence-corrected chi connectivity index (χ3v) is 4.22. The number of halogens is 1. The van der Waals surface area contributed by atoms with Crippen molar-refractivity contribution in [2.24, 2.45) is 0 Å². The molecular weight excluding hydrogens is 311 g/mol. The SMILES string of the molecule is CCC(CO)NC(=O)NC1CCCN(c2ccc(C#N)cc2F)C1. The van der Waals surface area contributed by atoms with Gasteiger partial charge in [0.05, 0.1) is 30.0 Å². The van der Waals surface area contributed by atoms with Crippen LogP contribution in [-0.4, -0.2) is 42.9 Å². The first-order valence-corrected chi connectivity index (χ1v) is 8.19. The monoisotopic (exact) mass is 334 g/mol. The number of hydrogen-bond donors (Lipinski definition) is 3. The lowest BCUT2D eigenvalue weighted by Crippen LogP contribution is -2.52. The number of hydrogen-bond acceptors (Lipinski definition) is 4. The van der Waals surface area contributed by atoms with Crippen molar-refractivity contribution in [2.75, 3.05) is 24.6 Å². The lowest BCUT2D eigenvalue weighted by Gasteiger charge is -2.35. The van der Waals surface area contributed by atoms with Gasteiger partial charge in [-0.1, -0.05) is 6.92 Å². The molecule has 3 N–H and O–H groups in total. The van der Waals surface area contributed by atoms with Crippen LogP contribution < -0.4 is 15.5 Å². The quantitative estimate of drug-likeness (QED) is 0.765. The van der Waals surface area contributed by atoms with E-state index in [2.05, 4.69) is 10.6 Å². The Kier molecular flexibility index (Phi) is 6.38. The highest BCUT2D eigenvalue weighted by molar-refractivity contribution is 5.74. The van der Waals surface area contributed by atoms with Gasteiger partial charge in [-0.05, 0) is 37.5 Å². The molecule has 1 aromatic carbocycles. The molecule has 2 unspecified atom stereocenters. The van der Waals surface area contributed by atoms with Gasteiger partial charge < -0.3 is 20.6 Å². The van der Waals surface area contributed by atoms with E-state index < -0.39 is 5.82 Å². The van der Waals surface area contributed by atoms with Crippen LogP contribution in [0, 0.1) is 17.1 Å². The van der Waals surface area contributed by atoms with Crippen LogP contribution in [0.15, 0.2) is 18.2 Å². The first-order valence-electron chi connectivity index (χ1n) is 8.19. The first kappa shape index (κ1) is 18.0. The van der Waals surface area contributed by atoms with Gasteiger partial charge in [0, 0.05) is 19.1 Å². The number of carbonyl (C=O) groups excluding carboxylic acids is 1. The molecule has 0 saturated carbocycles. The number of benzene rings is 1. The molecule has 0 radical (unpaired) electrons. The van der Waals surface area contributed by atoms with Crippen LogP contribution in [0.3, 0.4) is 0 Å². The molecule has 0 aliphatic carbocycles. The summed E-state index contributed by atoms with van der Waals surface area (Å²) < 4.78 is 14.2. The first-order chi connectivity index (χ1) is 11.6. The second-order valence-corrected chi connectivity index (χ2v) is 5.97. The van der Waals surface area contributed by atoms with Gasteiger partial charge in [-0.3, -0.25) is 0 Å². The highest BCUT2D eigenvalue weighted by Gasteiger charge is 2.24. The van der Waals surface area contributed by atoms with E-state index in [1.54, 1.807) is 12.1 Å². The van der Waals surface area contributed by atoms with Gasteiger partial charge in [0.25, 0.3) is 0 Å². The molecule has 2 atom stereocenters. The minimum Gasteiger partial charge on any atom is -0.394 e. The fourth-order valence-corrected chi connectivity index (χ4v) is 2.84. The lowest BCUT2D eigenvalue weighted by molar-refractivity contribution is 0.210. The van der Waals surface area contributed by atoms with Crippen LogP contribution in [0.25, 0.3) is 0 Å².